The molecule has 0 bridgehead atoms. The molecule has 0 saturated carbocycles. The zero-order valence-electron chi connectivity index (χ0n) is 20.0. The lowest BCUT2D eigenvalue weighted by Gasteiger charge is -2.18. The van der Waals surface area contributed by atoms with Crippen molar-refractivity contribution in [2.24, 2.45) is 7.05 Å². The molecule has 3 heterocycles. The highest BCUT2D eigenvalue weighted by Crippen LogP contribution is 2.29. The number of nitrogens with two attached hydrogens (primary N) is 1. The number of pyridine rings is 1. The van der Waals surface area contributed by atoms with Crippen LogP contribution in [0.1, 0.15) is 27.1 Å². The number of carbonyl (C=O) groups excluding carboxylic acids is 2. The van der Waals surface area contributed by atoms with Gasteiger partial charge in [0.15, 0.2) is 0 Å². The average molecular weight is 519 g/mol. The maximum absolute atomic E-state index is 13.6. The number of nitrogens with one attached hydrogen (secondary N) is 1. The number of aromatic nitrogens is 3. The second-order valence-corrected chi connectivity index (χ2v) is 9.38. The number of halogens is 2. The Morgan fingerprint density at radius 1 is 1.08 bits per heavy atom. The Hall–Kier alpha value is -4.24. The first-order chi connectivity index (χ1) is 17.8. The molecular weight excluding hydrogens is 495 g/mol. The molecule has 0 radical (unpaired) electrons. The van der Waals surface area contributed by atoms with Crippen molar-refractivity contribution in [1.29, 1.82) is 0 Å². The van der Waals surface area contributed by atoms with Crippen molar-refractivity contribution in [3.8, 4) is 22.3 Å². The second-order valence-electron chi connectivity index (χ2n) is 8.97. The fraction of sp³-hybridized carbons (Fsp3) is 0.185. The highest BCUT2D eigenvalue weighted by atomic mass is 35.5. The molecule has 3 N–H and O–H groups in total. The summed E-state index contributed by atoms with van der Waals surface area (Å²) in [6, 6.07) is 12.5. The van der Waals surface area contributed by atoms with Crippen molar-refractivity contribution >= 4 is 29.2 Å². The molecule has 2 aromatic carbocycles. The summed E-state index contributed by atoms with van der Waals surface area (Å²) in [6.45, 7) is 0.877. The Kier molecular flexibility index (Phi) is 6.62. The number of likely N-dealkylation sites (tertiary alicyclic amines) is 1. The van der Waals surface area contributed by atoms with Crippen molar-refractivity contribution in [1.82, 2.24) is 25.0 Å². The van der Waals surface area contributed by atoms with Crippen LogP contribution in [-0.4, -0.2) is 50.6 Å². The van der Waals surface area contributed by atoms with E-state index in [4.69, 9.17) is 17.3 Å². The first kappa shape index (κ1) is 24.5. The molecule has 1 aliphatic rings. The molecule has 1 aliphatic heterocycles. The van der Waals surface area contributed by atoms with Gasteiger partial charge in [-0.1, -0.05) is 23.7 Å². The van der Waals surface area contributed by atoms with Crippen LogP contribution in [0.4, 0.5) is 10.2 Å². The molecule has 0 unspecified atom stereocenters. The second kappa shape index (κ2) is 10.0. The van der Waals surface area contributed by atoms with Gasteiger partial charge in [-0.05, 0) is 48.4 Å². The SMILES string of the molecule is Cn1cc(-c2cnc(N)c(C(=O)N[C@@H]3CCN(C(=O)c4ccc(-c5cc(F)ccc5Cl)cc4)C3)c2)cn1. The molecule has 4 aromatic rings. The molecule has 0 spiro atoms. The average Bonchev–Trinajstić information content (AvgIpc) is 3.54. The molecule has 10 heteroatoms. The lowest BCUT2D eigenvalue weighted by Crippen LogP contribution is -2.38. The van der Waals surface area contributed by atoms with E-state index in [1.807, 2.05) is 13.2 Å². The van der Waals surface area contributed by atoms with Gasteiger partial charge in [0.25, 0.3) is 11.8 Å². The van der Waals surface area contributed by atoms with E-state index in [-0.39, 0.29) is 35.1 Å². The molecule has 8 nitrogen and oxygen atoms in total. The van der Waals surface area contributed by atoms with Crippen LogP contribution in [-0.2, 0) is 7.05 Å². The van der Waals surface area contributed by atoms with Gasteiger partial charge in [-0.3, -0.25) is 14.3 Å². The van der Waals surface area contributed by atoms with Crippen molar-refractivity contribution < 1.29 is 14.0 Å². The smallest absolute Gasteiger partial charge is 0.255 e. The Bertz CT molecular complexity index is 1490. The normalized spacial score (nSPS) is 15.1. The minimum Gasteiger partial charge on any atom is -0.383 e. The van der Waals surface area contributed by atoms with Crippen molar-refractivity contribution in [2.45, 2.75) is 12.5 Å². The van der Waals surface area contributed by atoms with Gasteiger partial charge in [0.2, 0.25) is 0 Å². The maximum atomic E-state index is 13.6. The number of nitrogens with zero attached hydrogens (tertiary/aromatic N) is 4. The predicted molar refractivity (Wildman–Crippen MR) is 139 cm³/mol. The van der Waals surface area contributed by atoms with Crippen molar-refractivity contribution in [3.63, 3.8) is 0 Å². The number of amides is 2. The van der Waals surface area contributed by atoms with Gasteiger partial charge in [0, 0.05) is 65.8 Å². The standard InChI is InChI=1S/C27H24ClFN6O2/c1-34-14-19(13-32-34)18-10-23(25(30)31-12-18)26(36)33-21-8-9-35(15-21)27(37)17-4-2-16(3-5-17)22-11-20(29)6-7-24(22)28/h2-7,10-14,21H,8-9,15H2,1H3,(H2,30,31)(H,33,36)/t21-/m1/s1. The number of nitrogen functional groups attached to an aromatic ring is 1. The van der Waals surface area contributed by atoms with Crippen molar-refractivity contribution in [2.75, 3.05) is 18.8 Å². The predicted octanol–water partition coefficient (Wildman–Crippen LogP) is 4.17. The quantitative estimate of drug-likeness (QED) is 0.412. The van der Waals surface area contributed by atoms with Crippen LogP contribution >= 0.6 is 11.6 Å². The number of aryl methyl sites for hydroxylation is 1. The van der Waals surface area contributed by atoms with Gasteiger partial charge in [-0.2, -0.15) is 5.10 Å². The van der Waals surface area contributed by atoms with Gasteiger partial charge in [-0.15, -0.1) is 0 Å². The number of benzene rings is 2. The van der Waals surface area contributed by atoms with Crippen LogP contribution in [0.15, 0.2) is 67.1 Å². The van der Waals surface area contributed by atoms with Gasteiger partial charge in [0.1, 0.15) is 11.6 Å². The summed E-state index contributed by atoms with van der Waals surface area (Å²) in [5, 5.41) is 7.55. The molecule has 5 rings (SSSR count). The largest absolute Gasteiger partial charge is 0.383 e. The maximum Gasteiger partial charge on any atom is 0.255 e. The molecule has 1 fully saturated rings. The number of carbonyl (C=O) groups is 2. The summed E-state index contributed by atoms with van der Waals surface area (Å²) in [7, 11) is 1.81. The van der Waals surface area contributed by atoms with Gasteiger partial charge < -0.3 is 16.0 Å². The van der Waals surface area contributed by atoms with Gasteiger partial charge in [0.05, 0.1) is 11.8 Å². The molecular formula is C27H24ClFN6O2. The van der Waals surface area contributed by atoms with Crippen LogP contribution in [0.25, 0.3) is 22.3 Å². The van der Waals surface area contributed by atoms with E-state index in [2.05, 4.69) is 15.4 Å². The van der Waals surface area contributed by atoms with E-state index >= 15 is 0 Å². The van der Waals surface area contributed by atoms with Gasteiger partial charge in [-0.25, -0.2) is 9.37 Å². The number of hydrogen-bond donors (Lipinski definition) is 2. The van der Waals surface area contributed by atoms with Crippen LogP contribution in [0.5, 0.6) is 0 Å². The summed E-state index contributed by atoms with van der Waals surface area (Å²) < 4.78 is 15.3. The highest BCUT2D eigenvalue weighted by molar-refractivity contribution is 6.33. The summed E-state index contributed by atoms with van der Waals surface area (Å²) >= 11 is 6.20. The van der Waals surface area contributed by atoms with Gasteiger partial charge >= 0.3 is 0 Å². The zero-order chi connectivity index (χ0) is 26.1. The van der Waals surface area contributed by atoms with E-state index in [1.165, 1.54) is 18.2 Å². The number of rotatable bonds is 5. The van der Waals surface area contributed by atoms with E-state index in [9.17, 15) is 14.0 Å². The van der Waals surface area contributed by atoms with E-state index < -0.39 is 0 Å². The summed E-state index contributed by atoms with van der Waals surface area (Å²) in [6.07, 6.45) is 5.74. The third-order valence-electron chi connectivity index (χ3n) is 6.38. The first-order valence-corrected chi connectivity index (χ1v) is 12.1. The molecule has 1 saturated heterocycles. The fourth-order valence-electron chi connectivity index (χ4n) is 4.40. The Balaban J connectivity index is 1.24. The Morgan fingerprint density at radius 2 is 1.86 bits per heavy atom. The zero-order valence-corrected chi connectivity index (χ0v) is 20.7. The van der Waals surface area contributed by atoms with Crippen LogP contribution in [0, 0.1) is 5.82 Å². The lowest BCUT2D eigenvalue weighted by atomic mass is 10.0. The highest BCUT2D eigenvalue weighted by Gasteiger charge is 2.29. The molecule has 188 valence electrons. The molecule has 2 aromatic heterocycles. The van der Waals surface area contributed by atoms with E-state index in [1.54, 1.807) is 52.3 Å². The molecule has 2 amide bonds. The molecule has 1 atom stereocenters. The summed E-state index contributed by atoms with van der Waals surface area (Å²) in [4.78, 5) is 31.9. The first-order valence-electron chi connectivity index (χ1n) is 11.7. The van der Waals surface area contributed by atoms with Crippen molar-refractivity contribution in [3.05, 3.63) is 89.1 Å². The van der Waals surface area contributed by atoms with Crippen LogP contribution < -0.4 is 11.1 Å². The minimum absolute atomic E-state index is 0.134. The van der Waals surface area contributed by atoms with Crippen LogP contribution in [0.2, 0.25) is 5.02 Å². The Labute approximate surface area is 217 Å². The third-order valence-corrected chi connectivity index (χ3v) is 6.71. The topological polar surface area (TPSA) is 106 Å². The Morgan fingerprint density at radius 3 is 2.59 bits per heavy atom. The summed E-state index contributed by atoms with van der Waals surface area (Å²) in [5.74, 6) is -0.736. The minimum atomic E-state index is -0.383. The third kappa shape index (κ3) is 5.17. The number of anilines is 1. The lowest BCUT2D eigenvalue weighted by molar-refractivity contribution is 0.0783. The monoisotopic (exact) mass is 518 g/mol. The van der Waals surface area contributed by atoms with E-state index in [0.29, 0.717) is 41.2 Å². The molecule has 0 aliphatic carbocycles. The van der Waals surface area contributed by atoms with E-state index in [0.717, 1.165) is 11.1 Å². The van der Waals surface area contributed by atoms with Crippen LogP contribution in [0.3, 0.4) is 0 Å². The molecule has 37 heavy (non-hydrogen) atoms. The number of hydrogen-bond acceptors (Lipinski definition) is 5. The fourth-order valence-corrected chi connectivity index (χ4v) is 4.63. The summed E-state index contributed by atoms with van der Waals surface area (Å²) in [5.41, 5.74) is 9.60.